The van der Waals surface area contributed by atoms with E-state index >= 15 is 0 Å². The van der Waals surface area contributed by atoms with Crippen LogP contribution in [0, 0.1) is 0 Å². The Kier molecular flexibility index (Phi) is 7.33. The van der Waals surface area contributed by atoms with Crippen LogP contribution >= 0.6 is 0 Å². The monoisotopic (exact) mass is 308 g/mol. The van der Waals surface area contributed by atoms with E-state index in [1.165, 1.54) is 5.56 Å². The maximum Gasteiger partial charge on any atom is 0.126 e. The summed E-state index contributed by atoms with van der Waals surface area (Å²) in [6, 6.07) is 10.5. The number of hydrogen-bond donors (Lipinski definition) is 1. The van der Waals surface area contributed by atoms with Gasteiger partial charge in [-0.1, -0.05) is 43.7 Å². The first kappa shape index (κ1) is 17.4. The van der Waals surface area contributed by atoms with Gasteiger partial charge in [-0.2, -0.15) is 0 Å². The highest BCUT2D eigenvalue weighted by molar-refractivity contribution is 5.13. The molecule has 1 fully saturated rings. The molecule has 2 rings (SSSR count). The number of quaternary nitrogens is 1. The SMILES string of the molecule is CCCCOC[C@@H](O)C[N+]1(Cc2ccccc2)CCOCC1. The molecule has 124 valence electrons. The van der Waals surface area contributed by atoms with E-state index in [1.807, 2.05) is 6.07 Å². The normalized spacial score (nSPS) is 19.0. The summed E-state index contributed by atoms with van der Waals surface area (Å²) in [7, 11) is 0. The lowest BCUT2D eigenvalue weighted by Gasteiger charge is -2.42. The van der Waals surface area contributed by atoms with Crippen molar-refractivity contribution in [3.63, 3.8) is 0 Å². The number of rotatable bonds is 9. The van der Waals surface area contributed by atoms with Crippen LogP contribution in [-0.4, -0.2) is 61.8 Å². The van der Waals surface area contributed by atoms with Crippen LogP contribution in [-0.2, 0) is 16.0 Å². The van der Waals surface area contributed by atoms with Crippen molar-refractivity contribution in [2.45, 2.75) is 32.4 Å². The Morgan fingerprint density at radius 3 is 2.64 bits per heavy atom. The Bertz CT molecular complexity index is 404. The molecule has 4 nitrogen and oxygen atoms in total. The van der Waals surface area contributed by atoms with Crippen molar-refractivity contribution in [3.8, 4) is 0 Å². The molecule has 0 unspecified atom stereocenters. The molecule has 0 bridgehead atoms. The van der Waals surface area contributed by atoms with E-state index in [9.17, 15) is 5.11 Å². The van der Waals surface area contributed by atoms with Crippen molar-refractivity contribution >= 4 is 0 Å². The second-order valence-electron chi connectivity index (χ2n) is 6.31. The average Bonchev–Trinajstić information content (AvgIpc) is 2.53. The largest absolute Gasteiger partial charge is 0.385 e. The van der Waals surface area contributed by atoms with Crippen molar-refractivity contribution in [2.75, 3.05) is 46.1 Å². The zero-order chi connectivity index (χ0) is 15.7. The fourth-order valence-corrected chi connectivity index (χ4v) is 3.07. The quantitative estimate of drug-likeness (QED) is 0.561. The van der Waals surface area contributed by atoms with E-state index in [2.05, 4.69) is 31.2 Å². The van der Waals surface area contributed by atoms with Gasteiger partial charge in [0.15, 0.2) is 0 Å². The number of ether oxygens (including phenoxy) is 2. The lowest BCUT2D eigenvalue weighted by molar-refractivity contribution is -0.950. The van der Waals surface area contributed by atoms with Gasteiger partial charge in [0.1, 0.15) is 32.3 Å². The molecule has 0 aromatic heterocycles. The number of nitrogens with zero attached hydrogens (tertiary/aromatic N) is 1. The van der Waals surface area contributed by atoms with Gasteiger partial charge in [-0.25, -0.2) is 0 Å². The number of aliphatic hydroxyl groups excluding tert-OH is 1. The Balaban J connectivity index is 1.90. The lowest BCUT2D eigenvalue weighted by Crippen LogP contribution is -2.58. The average molecular weight is 308 g/mol. The summed E-state index contributed by atoms with van der Waals surface area (Å²) in [6.45, 7) is 8.49. The van der Waals surface area contributed by atoms with E-state index in [0.717, 1.165) is 63.3 Å². The van der Waals surface area contributed by atoms with Gasteiger partial charge in [-0.15, -0.1) is 0 Å². The predicted octanol–water partition coefficient (Wildman–Crippen LogP) is 2.21. The highest BCUT2D eigenvalue weighted by atomic mass is 16.5. The van der Waals surface area contributed by atoms with Crippen molar-refractivity contribution in [1.82, 2.24) is 0 Å². The van der Waals surface area contributed by atoms with Gasteiger partial charge >= 0.3 is 0 Å². The molecule has 0 saturated carbocycles. The Morgan fingerprint density at radius 1 is 1.23 bits per heavy atom. The van der Waals surface area contributed by atoms with Gasteiger partial charge in [0.05, 0.1) is 19.8 Å². The number of hydrogen-bond acceptors (Lipinski definition) is 3. The minimum absolute atomic E-state index is 0.404. The van der Waals surface area contributed by atoms with E-state index in [-0.39, 0.29) is 0 Å². The first-order valence-electron chi connectivity index (χ1n) is 8.47. The standard InChI is InChI=1S/C18H30NO3/c1-2-3-11-22-16-18(20)15-19(9-12-21-13-10-19)14-17-7-5-4-6-8-17/h4-8,18,20H,2-3,9-16H2,1H3/q+1/t18-/m0/s1. The predicted molar refractivity (Wildman–Crippen MR) is 87.6 cm³/mol. The molecule has 0 aliphatic carbocycles. The molecule has 22 heavy (non-hydrogen) atoms. The molecular formula is C18H30NO3+. The third-order valence-corrected chi connectivity index (χ3v) is 4.33. The van der Waals surface area contributed by atoms with Crippen LogP contribution in [0.2, 0.25) is 0 Å². The van der Waals surface area contributed by atoms with Gasteiger partial charge in [0, 0.05) is 12.2 Å². The van der Waals surface area contributed by atoms with E-state index in [0.29, 0.717) is 6.61 Å². The Hall–Kier alpha value is -0.940. The van der Waals surface area contributed by atoms with Crippen molar-refractivity contribution < 1.29 is 19.1 Å². The lowest BCUT2D eigenvalue weighted by atomic mass is 10.1. The van der Waals surface area contributed by atoms with Crippen LogP contribution in [0.4, 0.5) is 0 Å². The second kappa shape index (κ2) is 9.26. The highest BCUT2D eigenvalue weighted by Crippen LogP contribution is 2.18. The van der Waals surface area contributed by atoms with E-state index in [4.69, 9.17) is 9.47 Å². The number of unbranched alkanes of at least 4 members (excludes halogenated alkanes) is 1. The molecule has 1 heterocycles. The van der Waals surface area contributed by atoms with Gasteiger partial charge in [-0.3, -0.25) is 0 Å². The molecule has 1 N–H and O–H groups in total. The maximum absolute atomic E-state index is 10.4. The fourth-order valence-electron chi connectivity index (χ4n) is 3.07. The molecular weight excluding hydrogens is 278 g/mol. The number of benzene rings is 1. The molecule has 4 heteroatoms. The molecule has 0 amide bonds. The van der Waals surface area contributed by atoms with Crippen LogP contribution in [0.3, 0.4) is 0 Å². The van der Waals surface area contributed by atoms with Gasteiger partial charge in [0.2, 0.25) is 0 Å². The molecule has 1 aromatic carbocycles. The zero-order valence-electron chi connectivity index (χ0n) is 13.7. The summed E-state index contributed by atoms with van der Waals surface area (Å²) in [6.07, 6.45) is 1.78. The number of morpholine rings is 1. The molecule has 0 radical (unpaired) electrons. The maximum atomic E-state index is 10.4. The third kappa shape index (κ3) is 5.69. The van der Waals surface area contributed by atoms with E-state index < -0.39 is 6.10 Å². The summed E-state index contributed by atoms with van der Waals surface area (Å²) in [5.74, 6) is 0. The zero-order valence-corrected chi connectivity index (χ0v) is 13.7. The van der Waals surface area contributed by atoms with Crippen LogP contribution in [0.15, 0.2) is 30.3 Å². The van der Waals surface area contributed by atoms with Crippen molar-refractivity contribution in [2.24, 2.45) is 0 Å². The number of aliphatic hydroxyl groups is 1. The van der Waals surface area contributed by atoms with Crippen LogP contribution in [0.1, 0.15) is 25.3 Å². The fraction of sp³-hybridized carbons (Fsp3) is 0.667. The molecule has 1 aliphatic rings. The summed E-state index contributed by atoms with van der Waals surface area (Å²) < 4.78 is 12.0. The van der Waals surface area contributed by atoms with Crippen LogP contribution < -0.4 is 0 Å². The summed E-state index contributed by atoms with van der Waals surface area (Å²) >= 11 is 0. The molecule has 1 aromatic rings. The summed E-state index contributed by atoms with van der Waals surface area (Å²) in [5, 5.41) is 10.4. The van der Waals surface area contributed by atoms with E-state index in [1.54, 1.807) is 0 Å². The van der Waals surface area contributed by atoms with Crippen molar-refractivity contribution in [1.29, 1.82) is 0 Å². The molecule has 0 spiro atoms. The van der Waals surface area contributed by atoms with Gasteiger partial charge in [0.25, 0.3) is 0 Å². The topological polar surface area (TPSA) is 38.7 Å². The minimum atomic E-state index is -0.404. The summed E-state index contributed by atoms with van der Waals surface area (Å²) in [4.78, 5) is 0. The smallest absolute Gasteiger partial charge is 0.126 e. The summed E-state index contributed by atoms with van der Waals surface area (Å²) in [5.41, 5.74) is 1.32. The van der Waals surface area contributed by atoms with Crippen LogP contribution in [0.25, 0.3) is 0 Å². The molecule has 1 aliphatic heterocycles. The van der Waals surface area contributed by atoms with Crippen molar-refractivity contribution in [3.05, 3.63) is 35.9 Å². The minimum Gasteiger partial charge on any atom is -0.385 e. The Morgan fingerprint density at radius 2 is 1.95 bits per heavy atom. The molecule has 1 atom stereocenters. The first-order chi connectivity index (χ1) is 10.7. The highest BCUT2D eigenvalue weighted by Gasteiger charge is 2.33. The second-order valence-corrected chi connectivity index (χ2v) is 6.31. The van der Waals surface area contributed by atoms with Crippen LogP contribution in [0.5, 0.6) is 0 Å². The molecule has 1 saturated heterocycles. The van der Waals surface area contributed by atoms with Gasteiger partial charge in [-0.05, 0) is 6.42 Å². The Labute approximate surface area is 134 Å². The third-order valence-electron chi connectivity index (χ3n) is 4.33. The van der Waals surface area contributed by atoms with Gasteiger partial charge < -0.3 is 19.1 Å². The first-order valence-corrected chi connectivity index (χ1v) is 8.47.